The maximum Gasteiger partial charge on any atom is 0.0575 e. The molecule has 2 atom stereocenters. The average molecular weight is 275 g/mol. The Morgan fingerprint density at radius 2 is 2.10 bits per heavy atom. The van der Waals surface area contributed by atoms with Crippen molar-refractivity contribution >= 4 is 0 Å². The van der Waals surface area contributed by atoms with Gasteiger partial charge in [0.15, 0.2) is 0 Å². The maximum atomic E-state index is 5.83. The lowest BCUT2D eigenvalue weighted by atomic mass is 9.96. The number of nitrogens with one attached hydrogen (secondary N) is 1. The Bertz CT molecular complexity index is 410. The van der Waals surface area contributed by atoms with Crippen molar-refractivity contribution in [2.24, 2.45) is 0 Å². The quantitative estimate of drug-likeness (QED) is 0.853. The molecule has 1 heterocycles. The van der Waals surface area contributed by atoms with Crippen LogP contribution in [0.25, 0.3) is 0 Å². The summed E-state index contributed by atoms with van der Waals surface area (Å²) in [4.78, 5) is 0. The Labute approximate surface area is 123 Å². The molecule has 1 aliphatic heterocycles. The van der Waals surface area contributed by atoms with Crippen LogP contribution in [0.4, 0.5) is 0 Å². The third-order valence-corrected chi connectivity index (χ3v) is 4.57. The van der Waals surface area contributed by atoms with Crippen molar-refractivity contribution in [1.29, 1.82) is 0 Å². The molecule has 2 rings (SSSR count). The SMILES string of the molecule is CNC(CCC1CCCCO1)Cc1ccc(C)c(C)c1. The number of ether oxygens (including phenoxy) is 1. The first kappa shape index (κ1) is 15.5. The summed E-state index contributed by atoms with van der Waals surface area (Å²) in [6.45, 7) is 5.34. The van der Waals surface area contributed by atoms with Crippen molar-refractivity contribution in [3.63, 3.8) is 0 Å². The van der Waals surface area contributed by atoms with E-state index in [-0.39, 0.29) is 0 Å². The van der Waals surface area contributed by atoms with Gasteiger partial charge in [0, 0.05) is 12.6 Å². The van der Waals surface area contributed by atoms with Crippen molar-refractivity contribution in [3.05, 3.63) is 34.9 Å². The van der Waals surface area contributed by atoms with Crippen molar-refractivity contribution in [3.8, 4) is 0 Å². The van der Waals surface area contributed by atoms with Crippen LogP contribution in [0.1, 0.15) is 48.8 Å². The highest BCUT2D eigenvalue weighted by atomic mass is 16.5. The highest BCUT2D eigenvalue weighted by Crippen LogP contribution is 2.19. The van der Waals surface area contributed by atoms with Crippen LogP contribution in [0.5, 0.6) is 0 Å². The molecule has 0 radical (unpaired) electrons. The highest BCUT2D eigenvalue weighted by molar-refractivity contribution is 5.30. The van der Waals surface area contributed by atoms with E-state index in [9.17, 15) is 0 Å². The van der Waals surface area contributed by atoms with E-state index in [4.69, 9.17) is 4.74 Å². The molecule has 0 bridgehead atoms. The molecule has 0 aromatic heterocycles. The summed E-state index contributed by atoms with van der Waals surface area (Å²) in [6, 6.07) is 7.39. The van der Waals surface area contributed by atoms with Crippen LogP contribution in [0, 0.1) is 13.8 Å². The molecule has 1 N–H and O–H groups in total. The molecule has 1 aromatic carbocycles. The Balaban J connectivity index is 1.83. The Morgan fingerprint density at radius 1 is 1.25 bits per heavy atom. The average Bonchev–Trinajstić information content (AvgIpc) is 2.48. The maximum absolute atomic E-state index is 5.83. The van der Waals surface area contributed by atoms with E-state index < -0.39 is 0 Å². The minimum absolute atomic E-state index is 0.499. The van der Waals surface area contributed by atoms with Gasteiger partial charge in [-0.1, -0.05) is 18.2 Å². The molecule has 1 aromatic rings. The molecule has 20 heavy (non-hydrogen) atoms. The van der Waals surface area contributed by atoms with Gasteiger partial charge in [0.1, 0.15) is 0 Å². The first-order valence-corrected chi connectivity index (χ1v) is 8.04. The summed E-state index contributed by atoms with van der Waals surface area (Å²) < 4.78 is 5.83. The molecule has 1 fully saturated rings. The lowest BCUT2D eigenvalue weighted by Crippen LogP contribution is -2.30. The van der Waals surface area contributed by atoms with Gasteiger partial charge in [0.05, 0.1) is 6.10 Å². The van der Waals surface area contributed by atoms with E-state index >= 15 is 0 Å². The molecule has 0 spiro atoms. The molecule has 112 valence electrons. The number of hydrogen-bond donors (Lipinski definition) is 1. The number of rotatable bonds is 6. The fourth-order valence-corrected chi connectivity index (χ4v) is 2.99. The highest BCUT2D eigenvalue weighted by Gasteiger charge is 2.16. The Hall–Kier alpha value is -0.860. The third-order valence-electron chi connectivity index (χ3n) is 4.57. The second-order valence-electron chi connectivity index (χ2n) is 6.17. The van der Waals surface area contributed by atoms with Gasteiger partial charge in [-0.25, -0.2) is 0 Å². The molecule has 2 unspecified atom stereocenters. The molecule has 2 nitrogen and oxygen atoms in total. The van der Waals surface area contributed by atoms with Crippen LogP contribution in [0.2, 0.25) is 0 Å². The summed E-state index contributed by atoms with van der Waals surface area (Å²) in [5.41, 5.74) is 4.22. The lowest BCUT2D eigenvalue weighted by Gasteiger charge is -2.25. The van der Waals surface area contributed by atoms with Gasteiger partial charge in [-0.2, -0.15) is 0 Å². The zero-order valence-electron chi connectivity index (χ0n) is 13.2. The zero-order chi connectivity index (χ0) is 14.4. The fraction of sp³-hybridized carbons (Fsp3) is 0.667. The van der Waals surface area contributed by atoms with Crippen molar-refractivity contribution in [2.75, 3.05) is 13.7 Å². The Morgan fingerprint density at radius 3 is 2.75 bits per heavy atom. The van der Waals surface area contributed by atoms with Crippen LogP contribution in [-0.2, 0) is 11.2 Å². The topological polar surface area (TPSA) is 21.3 Å². The first-order chi connectivity index (χ1) is 9.69. The molecular weight excluding hydrogens is 246 g/mol. The van der Waals surface area contributed by atoms with E-state index in [0.29, 0.717) is 12.1 Å². The number of likely N-dealkylation sites (N-methyl/N-ethyl adjacent to an activating group) is 1. The van der Waals surface area contributed by atoms with Gasteiger partial charge in [-0.05, 0) is 76.1 Å². The van der Waals surface area contributed by atoms with Gasteiger partial charge in [0.2, 0.25) is 0 Å². The summed E-state index contributed by atoms with van der Waals surface area (Å²) in [6.07, 6.45) is 7.84. The summed E-state index contributed by atoms with van der Waals surface area (Å²) in [5, 5.41) is 3.47. The van der Waals surface area contributed by atoms with E-state index in [0.717, 1.165) is 13.0 Å². The van der Waals surface area contributed by atoms with Crippen LogP contribution in [0.3, 0.4) is 0 Å². The van der Waals surface area contributed by atoms with Crippen molar-refractivity contribution in [2.45, 2.75) is 64.5 Å². The van der Waals surface area contributed by atoms with Gasteiger partial charge in [0.25, 0.3) is 0 Å². The minimum Gasteiger partial charge on any atom is -0.378 e. The number of hydrogen-bond acceptors (Lipinski definition) is 2. The predicted molar refractivity (Wildman–Crippen MR) is 85.3 cm³/mol. The van der Waals surface area contributed by atoms with Crippen LogP contribution in [-0.4, -0.2) is 25.8 Å². The van der Waals surface area contributed by atoms with Gasteiger partial charge < -0.3 is 10.1 Å². The number of aryl methyl sites for hydroxylation is 2. The molecule has 2 heteroatoms. The standard InChI is InChI=1S/C18H29NO/c1-14-7-8-16(12-15(14)2)13-17(19-3)9-10-18-6-4-5-11-20-18/h7-8,12,17-19H,4-6,9-11,13H2,1-3H3. The second-order valence-corrected chi connectivity index (χ2v) is 6.17. The Kier molecular flexibility index (Phi) is 6.06. The molecule has 0 aliphatic carbocycles. The van der Waals surface area contributed by atoms with Gasteiger partial charge >= 0.3 is 0 Å². The smallest absolute Gasteiger partial charge is 0.0575 e. The lowest BCUT2D eigenvalue weighted by molar-refractivity contribution is 0.00870. The minimum atomic E-state index is 0.499. The van der Waals surface area contributed by atoms with Crippen LogP contribution >= 0.6 is 0 Å². The molecular formula is C18H29NO. The molecule has 1 aliphatic rings. The number of benzene rings is 1. The van der Waals surface area contributed by atoms with Crippen LogP contribution < -0.4 is 5.32 Å². The monoisotopic (exact) mass is 275 g/mol. The summed E-state index contributed by atoms with van der Waals surface area (Å²) in [7, 11) is 2.08. The molecule has 1 saturated heterocycles. The first-order valence-electron chi connectivity index (χ1n) is 8.04. The predicted octanol–water partition coefficient (Wildman–Crippen LogP) is 3.78. The van der Waals surface area contributed by atoms with Crippen molar-refractivity contribution < 1.29 is 4.74 Å². The second kappa shape index (κ2) is 7.80. The van der Waals surface area contributed by atoms with E-state index in [2.05, 4.69) is 44.4 Å². The van der Waals surface area contributed by atoms with E-state index in [1.807, 2.05) is 0 Å². The van der Waals surface area contributed by atoms with Gasteiger partial charge in [-0.3, -0.25) is 0 Å². The third kappa shape index (κ3) is 4.60. The normalized spacial score (nSPS) is 20.9. The molecule has 0 amide bonds. The summed E-state index contributed by atoms with van der Waals surface area (Å²) in [5.74, 6) is 0. The van der Waals surface area contributed by atoms with E-state index in [1.54, 1.807) is 0 Å². The fourth-order valence-electron chi connectivity index (χ4n) is 2.99. The van der Waals surface area contributed by atoms with E-state index in [1.165, 1.54) is 48.8 Å². The summed E-state index contributed by atoms with van der Waals surface area (Å²) >= 11 is 0. The van der Waals surface area contributed by atoms with Crippen LogP contribution in [0.15, 0.2) is 18.2 Å². The largest absolute Gasteiger partial charge is 0.378 e. The van der Waals surface area contributed by atoms with Gasteiger partial charge in [-0.15, -0.1) is 0 Å². The van der Waals surface area contributed by atoms with Crippen molar-refractivity contribution in [1.82, 2.24) is 5.32 Å². The zero-order valence-corrected chi connectivity index (χ0v) is 13.2. The molecule has 0 saturated carbocycles.